The molecular weight excluding hydrogens is 274 g/mol. The predicted molar refractivity (Wildman–Crippen MR) is 76.1 cm³/mol. The van der Waals surface area contributed by atoms with E-state index in [2.05, 4.69) is 16.4 Å². The Bertz CT molecular complexity index is 782. The molecule has 2 aromatic heterocycles. The number of amides is 1. The van der Waals surface area contributed by atoms with Crippen LogP contribution < -0.4 is 10.7 Å². The highest BCUT2D eigenvalue weighted by molar-refractivity contribution is 7.16. The van der Waals surface area contributed by atoms with Gasteiger partial charge in [0.15, 0.2) is 5.43 Å². The quantitative estimate of drug-likeness (QED) is 0.885. The number of carbonyl (C=O) groups is 1. The molecule has 0 bridgehead atoms. The standard InChI is InChI=1S/C14H11N3O2S/c15-6-9-8-2-1-3-12(8)20-14(9)17-13(19)10-7-16-5-4-11(10)18/h4-5,7H,1-3H2,(H,16,18)(H,17,19). The Morgan fingerprint density at radius 1 is 1.45 bits per heavy atom. The molecular formula is C14H11N3O2S. The number of thiophene rings is 1. The Labute approximate surface area is 118 Å². The van der Waals surface area contributed by atoms with Crippen LogP contribution in [0, 0.1) is 11.3 Å². The van der Waals surface area contributed by atoms with Crippen molar-refractivity contribution in [3.8, 4) is 6.07 Å². The van der Waals surface area contributed by atoms with Crippen LogP contribution in [0.4, 0.5) is 5.00 Å². The molecule has 0 aliphatic heterocycles. The third kappa shape index (κ3) is 2.02. The second-order valence-electron chi connectivity index (χ2n) is 4.55. The Balaban J connectivity index is 1.93. The summed E-state index contributed by atoms with van der Waals surface area (Å²) in [6.45, 7) is 0. The zero-order valence-electron chi connectivity index (χ0n) is 10.5. The molecule has 1 aliphatic carbocycles. The molecule has 100 valence electrons. The number of aromatic nitrogens is 1. The van der Waals surface area contributed by atoms with E-state index in [1.54, 1.807) is 0 Å². The molecule has 0 fully saturated rings. The summed E-state index contributed by atoms with van der Waals surface area (Å²) >= 11 is 1.44. The summed E-state index contributed by atoms with van der Waals surface area (Å²) in [7, 11) is 0. The maximum atomic E-state index is 12.1. The number of nitrogens with zero attached hydrogens (tertiary/aromatic N) is 1. The van der Waals surface area contributed by atoms with Crippen molar-refractivity contribution in [2.75, 3.05) is 5.32 Å². The van der Waals surface area contributed by atoms with E-state index in [1.165, 1.54) is 34.7 Å². The lowest BCUT2D eigenvalue weighted by atomic mass is 10.1. The molecule has 0 saturated carbocycles. The van der Waals surface area contributed by atoms with Crippen LogP contribution >= 0.6 is 11.3 Å². The molecule has 6 heteroatoms. The van der Waals surface area contributed by atoms with Crippen molar-refractivity contribution in [3.05, 3.63) is 50.3 Å². The third-order valence-electron chi connectivity index (χ3n) is 3.33. The normalized spacial score (nSPS) is 12.8. The zero-order valence-corrected chi connectivity index (χ0v) is 11.3. The Hall–Kier alpha value is -2.39. The van der Waals surface area contributed by atoms with Gasteiger partial charge in [-0.2, -0.15) is 5.26 Å². The van der Waals surface area contributed by atoms with Crippen LogP contribution in [0.1, 0.15) is 32.8 Å². The van der Waals surface area contributed by atoms with E-state index in [0.29, 0.717) is 10.6 Å². The fourth-order valence-electron chi connectivity index (χ4n) is 2.37. The fraction of sp³-hybridized carbons (Fsp3) is 0.214. The van der Waals surface area contributed by atoms with E-state index >= 15 is 0 Å². The second-order valence-corrected chi connectivity index (χ2v) is 5.65. The van der Waals surface area contributed by atoms with Crippen molar-refractivity contribution in [2.24, 2.45) is 0 Å². The lowest BCUT2D eigenvalue weighted by Gasteiger charge is -2.03. The first kappa shape index (κ1) is 12.6. The van der Waals surface area contributed by atoms with Gasteiger partial charge in [-0.3, -0.25) is 9.59 Å². The molecule has 1 aliphatic rings. The highest BCUT2D eigenvalue weighted by Gasteiger charge is 2.23. The zero-order chi connectivity index (χ0) is 14.1. The van der Waals surface area contributed by atoms with Crippen LogP contribution in [0.5, 0.6) is 0 Å². The van der Waals surface area contributed by atoms with Gasteiger partial charge in [0.1, 0.15) is 16.6 Å². The number of hydrogen-bond acceptors (Lipinski definition) is 4. The van der Waals surface area contributed by atoms with Gasteiger partial charge >= 0.3 is 0 Å². The van der Waals surface area contributed by atoms with Gasteiger partial charge in [-0.1, -0.05) is 0 Å². The lowest BCUT2D eigenvalue weighted by molar-refractivity contribution is 0.102. The number of H-pyrrole nitrogens is 1. The van der Waals surface area contributed by atoms with Gasteiger partial charge in [-0.25, -0.2) is 0 Å². The van der Waals surface area contributed by atoms with Crippen molar-refractivity contribution in [1.82, 2.24) is 4.98 Å². The van der Waals surface area contributed by atoms with Gasteiger partial charge in [0, 0.05) is 23.3 Å². The highest BCUT2D eigenvalue weighted by Crippen LogP contribution is 2.38. The molecule has 2 heterocycles. The summed E-state index contributed by atoms with van der Waals surface area (Å²) in [5.74, 6) is -0.483. The molecule has 5 nitrogen and oxygen atoms in total. The number of nitrogens with one attached hydrogen (secondary N) is 2. The largest absolute Gasteiger partial charge is 0.367 e. The van der Waals surface area contributed by atoms with E-state index in [4.69, 9.17) is 0 Å². The van der Waals surface area contributed by atoms with Crippen LogP contribution in [0.25, 0.3) is 0 Å². The summed E-state index contributed by atoms with van der Waals surface area (Å²) in [6.07, 6.45) is 5.74. The number of rotatable bonds is 2. The summed E-state index contributed by atoms with van der Waals surface area (Å²) in [6, 6.07) is 3.46. The van der Waals surface area contributed by atoms with E-state index in [9.17, 15) is 14.9 Å². The van der Waals surface area contributed by atoms with Crippen molar-refractivity contribution in [3.63, 3.8) is 0 Å². The smallest absolute Gasteiger partial charge is 0.261 e. The van der Waals surface area contributed by atoms with Crippen molar-refractivity contribution in [2.45, 2.75) is 19.3 Å². The molecule has 0 atom stereocenters. The van der Waals surface area contributed by atoms with Gasteiger partial charge in [0.05, 0.1) is 5.56 Å². The van der Waals surface area contributed by atoms with Crippen molar-refractivity contribution < 1.29 is 4.79 Å². The van der Waals surface area contributed by atoms with E-state index in [1.807, 2.05) is 0 Å². The third-order valence-corrected chi connectivity index (χ3v) is 4.54. The average Bonchev–Trinajstić information content (AvgIpc) is 2.99. The topological polar surface area (TPSA) is 85.8 Å². The summed E-state index contributed by atoms with van der Waals surface area (Å²) < 4.78 is 0. The minimum absolute atomic E-state index is 0.0462. The molecule has 0 aromatic carbocycles. The van der Waals surface area contributed by atoms with E-state index in [-0.39, 0.29) is 11.0 Å². The molecule has 0 unspecified atom stereocenters. The molecule has 0 radical (unpaired) electrons. The monoisotopic (exact) mass is 285 g/mol. The number of aromatic amines is 1. The van der Waals surface area contributed by atoms with Crippen molar-refractivity contribution in [1.29, 1.82) is 5.26 Å². The van der Waals surface area contributed by atoms with Crippen LogP contribution in [0.3, 0.4) is 0 Å². The Morgan fingerprint density at radius 2 is 2.30 bits per heavy atom. The van der Waals surface area contributed by atoms with Crippen molar-refractivity contribution >= 4 is 22.2 Å². The van der Waals surface area contributed by atoms with Gasteiger partial charge in [0.25, 0.3) is 5.91 Å². The number of hydrogen-bond donors (Lipinski definition) is 2. The van der Waals surface area contributed by atoms with Crippen LogP contribution in [-0.2, 0) is 12.8 Å². The number of anilines is 1. The summed E-state index contributed by atoms with van der Waals surface area (Å²) in [5.41, 5.74) is 1.30. The summed E-state index contributed by atoms with van der Waals surface area (Å²) in [4.78, 5) is 27.6. The van der Waals surface area contributed by atoms with Gasteiger partial charge in [-0.15, -0.1) is 11.3 Å². The lowest BCUT2D eigenvalue weighted by Crippen LogP contribution is -2.20. The first-order chi connectivity index (χ1) is 9.70. The number of pyridine rings is 1. The number of fused-ring (bicyclic) bond motifs is 1. The number of nitriles is 1. The molecule has 2 aromatic rings. The van der Waals surface area contributed by atoms with Gasteiger partial charge in [0.2, 0.25) is 0 Å². The average molecular weight is 285 g/mol. The minimum atomic E-state index is -0.483. The molecule has 2 N–H and O–H groups in total. The molecule has 1 amide bonds. The molecule has 0 saturated heterocycles. The number of carbonyl (C=O) groups excluding carboxylic acids is 1. The van der Waals surface area contributed by atoms with E-state index < -0.39 is 5.91 Å². The SMILES string of the molecule is N#Cc1c(NC(=O)c2c[nH]ccc2=O)sc2c1CCC2. The first-order valence-electron chi connectivity index (χ1n) is 6.24. The van der Waals surface area contributed by atoms with Crippen LogP contribution in [0.15, 0.2) is 23.3 Å². The highest BCUT2D eigenvalue weighted by atomic mass is 32.1. The van der Waals surface area contributed by atoms with E-state index in [0.717, 1.165) is 24.8 Å². The second kappa shape index (κ2) is 4.94. The van der Waals surface area contributed by atoms with Gasteiger partial charge in [-0.05, 0) is 24.8 Å². The van der Waals surface area contributed by atoms with Gasteiger partial charge < -0.3 is 10.3 Å². The minimum Gasteiger partial charge on any atom is -0.367 e. The molecule has 0 spiro atoms. The first-order valence-corrected chi connectivity index (χ1v) is 7.05. The van der Waals surface area contributed by atoms with Crippen LogP contribution in [0.2, 0.25) is 0 Å². The van der Waals surface area contributed by atoms with Crippen LogP contribution in [-0.4, -0.2) is 10.9 Å². The summed E-state index contributed by atoms with van der Waals surface area (Å²) in [5, 5.41) is 12.5. The predicted octanol–water partition coefficient (Wildman–Crippen LogP) is 2.05. The Morgan fingerprint density at radius 3 is 3.05 bits per heavy atom. The number of aryl methyl sites for hydroxylation is 1. The fourth-order valence-corrected chi connectivity index (χ4v) is 3.61. The maximum absolute atomic E-state index is 12.1. The Kier molecular flexibility index (Phi) is 3.12. The molecule has 20 heavy (non-hydrogen) atoms. The molecule has 3 rings (SSSR count). The maximum Gasteiger partial charge on any atom is 0.261 e.